The SMILES string of the molecule is BrCCc1ccncc1.Cl. The molecule has 0 aliphatic rings. The van der Waals surface area contributed by atoms with E-state index in [0.29, 0.717) is 0 Å². The van der Waals surface area contributed by atoms with Gasteiger partial charge in [0, 0.05) is 17.7 Å². The molecule has 0 saturated carbocycles. The summed E-state index contributed by atoms with van der Waals surface area (Å²) in [6.07, 6.45) is 4.72. The first kappa shape index (κ1) is 9.92. The Morgan fingerprint density at radius 1 is 1.30 bits per heavy atom. The molecule has 0 aliphatic carbocycles. The molecule has 1 rings (SSSR count). The van der Waals surface area contributed by atoms with Gasteiger partial charge in [-0.1, -0.05) is 15.9 Å². The first-order valence-corrected chi connectivity index (χ1v) is 4.00. The first-order chi connectivity index (χ1) is 4.43. The van der Waals surface area contributed by atoms with Gasteiger partial charge in [-0.05, 0) is 24.1 Å². The fourth-order valence-corrected chi connectivity index (χ4v) is 1.12. The lowest BCUT2D eigenvalue weighted by Crippen LogP contribution is -1.83. The van der Waals surface area contributed by atoms with Gasteiger partial charge in [0.25, 0.3) is 0 Å². The zero-order valence-corrected chi connectivity index (χ0v) is 7.86. The summed E-state index contributed by atoms with van der Waals surface area (Å²) in [5.41, 5.74) is 1.34. The average molecular weight is 223 g/mol. The van der Waals surface area contributed by atoms with Gasteiger partial charge in [-0.25, -0.2) is 0 Å². The Bertz CT molecular complexity index is 167. The highest BCUT2D eigenvalue weighted by atomic mass is 79.9. The molecule has 0 aliphatic heterocycles. The normalized spacial score (nSPS) is 8.50. The molecule has 1 heterocycles. The molecule has 0 fully saturated rings. The first-order valence-electron chi connectivity index (χ1n) is 2.88. The molecule has 0 amide bonds. The number of pyridine rings is 1. The molecule has 56 valence electrons. The van der Waals surface area contributed by atoms with Crippen LogP contribution >= 0.6 is 28.3 Å². The number of alkyl halides is 1. The van der Waals surface area contributed by atoms with Gasteiger partial charge in [0.1, 0.15) is 0 Å². The molecule has 1 aromatic heterocycles. The van der Waals surface area contributed by atoms with Gasteiger partial charge in [0.15, 0.2) is 0 Å². The Morgan fingerprint density at radius 3 is 2.40 bits per heavy atom. The Kier molecular flexibility index (Phi) is 5.64. The lowest BCUT2D eigenvalue weighted by molar-refractivity contribution is 1.14. The summed E-state index contributed by atoms with van der Waals surface area (Å²) in [6.45, 7) is 0. The predicted molar refractivity (Wildman–Crippen MR) is 49.0 cm³/mol. The van der Waals surface area contributed by atoms with E-state index >= 15 is 0 Å². The van der Waals surface area contributed by atoms with Gasteiger partial charge in [-0.15, -0.1) is 12.4 Å². The summed E-state index contributed by atoms with van der Waals surface area (Å²) in [5, 5.41) is 1.02. The van der Waals surface area contributed by atoms with E-state index in [0.717, 1.165) is 11.8 Å². The van der Waals surface area contributed by atoms with Crippen molar-refractivity contribution < 1.29 is 0 Å². The highest BCUT2D eigenvalue weighted by Gasteiger charge is 1.86. The molecule has 10 heavy (non-hydrogen) atoms. The van der Waals surface area contributed by atoms with Crippen molar-refractivity contribution in [2.24, 2.45) is 0 Å². The number of nitrogens with zero attached hydrogens (tertiary/aromatic N) is 1. The second-order valence-electron chi connectivity index (χ2n) is 1.79. The van der Waals surface area contributed by atoms with Gasteiger partial charge in [0.05, 0.1) is 0 Å². The van der Waals surface area contributed by atoms with Crippen LogP contribution in [0.1, 0.15) is 5.56 Å². The molecule has 0 aromatic carbocycles. The maximum atomic E-state index is 3.91. The van der Waals surface area contributed by atoms with Gasteiger partial charge in [0.2, 0.25) is 0 Å². The van der Waals surface area contributed by atoms with Crippen molar-refractivity contribution in [2.45, 2.75) is 6.42 Å². The lowest BCUT2D eigenvalue weighted by atomic mass is 10.2. The third-order valence-corrected chi connectivity index (χ3v) is 1.53. The van der Waals surface area contributed by atoms with Crippen LogP contribution in [0.2, 0.25) is 0 Å². The lowest BCUT2D eigenvalue weighted by Gasteiger charge is -1.92. The average Bonchev–Trinajstić information content (AvgIpc) is 1.91. The summed E-state index contributed by atoms with van der Waals surface area (Å²) >= 11 is 3.37. The molecule has 0 N–H and O–H groups in total. The van der Waals surface area contributed by atoms with E-state index in [1.165, 1.54) is 5.56 Å². The summed E-state index contributed by atoms with van der Waals surface area (Å²) in [5.74, 6) is 0. The second kappa shape index (κ2) is 5.69. The Morgan fingerprint density at radius 2 is 1.90 bits per heavy atom. The van der Waals surface area contributed by atoms with Crippen LogP contribution in [0, 0.1) is 0 Å². The quantitative estimate of drug-likeness (QED) is 0.701. The third-order valence-electron chi connectivity index (χ3n) is 1.13. The summed E-state index contributed by atoms with van der Waals surface area (Å²) in [6, 6.07) is 4.06. The molecule has 0 radical (unpaired) electrons. The minimum absolute atomic E-state index is 0. The molecule has 0 saturated heterocycles. The van der Waals surface area contributed by atoms with Crippen LogP contribution in [-0.2, 0) is 6.42 Å². The molecule has 3 heteroatoms. The van der Waals surface area contributed by atoms with Gasteiger partial charge in [-0.3, -0.25) is 4.98 Å². The van der Waals surface area contributed by atoms with Crippen LogP contribution in [0.15, 0.2) is 24.5 Å². The summed E-state index contributed by atoms with van der Waals surface area (Å²) in [4.78, 5) is 3.91. The Labute approximate surface area is 75.4 Å². The van der Waals surface area contributed by atoms with Crippen LogP contribution in [0.5, 0.6) is 0 Å². The third kappa shape index (κ3) is 3.18. The number of hydrogen-bond acceptors (Lipinski definition) is 1. The summed E-state index contributed by atoms with van der Waals surface area (Å²) in [7, 11) is 0. The number of aryl methyl sites for hydroxylation is 1. The minimum Gasteiger partial charge on any atom is -0.265 e. The van der Waals surface area contributed by atoms with Crippen LogP contribution in [0.4, 0.5) is 0 Å². The molecule has 1 nitrogen and oxygen atoms in total. The molecule has 0 atom stereocenters. The molecule has 0 spiro atoms. The van der Waals surface area contributed by atoms with E-state index in [4.69, 9.17) is 0 Å². The van der Waals surface area contributed by atoms with Gasteiger partial charge < -0.3 is 0 Å². The number of rotatable bonds is 2. The van der Waals surface area contributed by atoms with Crippen molar-refractivity contribution in [3.05, 3.63) is 30.1 Å². The summed E-state index contributed by atoms with van der Waals surface area (Å²) < 4.78 is 0. The fourth-order valence-electron chi connectivity index (χ4n) is 0.659. The molecule has 0 bridgehead atoms. The molecule has 0 unspecified atom stereocenters. The molecular formula is C7H9BrClN. The highest BCUT2D eigenvalue weighted by Crippen LogP contribution is 1.98. The van der Waals surface area contributed by atoms with Crippen molar-refractivity contribution in [3.8, 4) is 0 Å². The van der Waals surface area contributed by atoms with Crippen LogP contribution in [-0.4, -0.2) is 10.3 Å². The van der Waals surface area contributed by atoms with Crippen molar-refractivity contribution in [1.82, 2.24) is 4.98 Å². The standard InChI is InChI=1S/C7H8BrN.ClH/c8-4-1-7-2-5-9-6-3-7;/h2-3,5-6H,1,4H2;1H. The van der Waals surface area contributed by atoms with Crippen molar-refractivity contribution >= 4 is 28.3 Å². The topological polar surface area (TPSA) is 12.9 Å². The maximum Gasteiger partial charge on any atom is 0.0270 e. The Balaban J connectivity index is 0.000000810. The smallest absolute Gasteiger partial charge is 0.0270 e. The monoisotopic (exact) mass is 221 g/mol. The van der Waals surface area contributed by atoms with Crippen molar-refractivity contribution in [2.75, 3.05) is 5.33 Å². The molecular weight excluding hydrogens is 213 g/mol. The van der Waals surface area contributed by atoms with Crippen LogP contribution < -0.4 is 0 Å². The number of halogens is 2. The van der Waals surface area contributed by atoms with E-state index in [1.54, 1.807) is 0 Å². The Hall–Kier alpha value is -0.0800. The predicted octanol–water partition coefficient (Wildman–Crippen LogP) is 2.44. The van der Waals surface area contributed by atoms with E-state index in [9.17, 15) is 0 Å². The number of hydrogen-bond donors (Lipinski definition) is 0. The minimum atomic E-state index is 0. The largest absolute Gasteiger partial charge is 0.265 e. The zero-order valence-electron chi connectivity index (χ0n) is 5.46. The van der Waals surface area contributed by atoms with Crippen LogP contribution in [0.3, 0.4) is 0 Å². The van der Waals surface area contributed by atoms with E-state index in [1.807, 2.05) is 24.5 Å². The number of aromatic nitrogens is 1. The van der Waals surface area contributed by atoms with Gasteiger partial charge >= 0.3 is 0 Å². The van der Waals surface area contributed by atoms with E-state index < -0.39 is 0 Å². The molecule has 1 aromatic rings. The van der Waals surface area contributed by atoms with Crippen molar-refractivity contribution in [1.29, 1.82) is 0 Å². The van der Waals surface area contributed by atoms with Crippen molar-refractivity contribution in [3.63, 3.8) is 0 Å². The highest BCUT2D eigenvalue weighted by molar-refractivity contribution is 9.09. The van der Waals surface area contributed by atoms with Crippen LogP contribution in [0.25, 0.3) is 0 Å². The second-order valence-corrected chi connectivity index (χ2v) is 2.59. The van der Waals surface area contributed by atoms with E-state index in [-0.39, 0.29) is 12.4 Å². The zero-order chi connectivity index (χ0) is 6.53. The maximum absolute atomic E-state index is 3.91. The van der Waals surface area contributed by atoms with E-state index in [2.05, 4.69) is 20.9 Å². The van der Waals surface area contributed by atoms with Gasteiger partial charge in [-0.2, -0.15) is 0 Å². The fraction of sp³-hybridized carbons (Fsp3) is 0.286.